The van der Waals surface area contributed by atoms with Crippen molar-refractivity contribution >= 4 is 23.2 Å². The van der Waals surface area contributed by atoms with Crippen molar-refractivity contribution in [2.75, 3.05) is 13.7 Å². The fourth-order valence-corrected chi connectivity index (χ4v) is 4.94. The van der Waals surface area contributed by atoms with Gasteiger partial charge in [0.15, 0.2) is 0 Å². The third-order valence-electron chi connectivity index (χ3n) is 5.93. The summed E-state index contributed by atoms with van der Waals surface area (Å²) in [5, 5.41) is 5.12. The molecule has 0 bridgehead atoms. The zero-order chi connectivity index (χ0) is 23.2. The summed E-state index contributed by atoms with van der Waals surface area (Å²) in [5.74, 6) is 0.252. The Hall–Kier alpha value is -3.19. The van der Waals surface area contributed by atoms with E-state index in [4.69, 9.17) is 4.74 Å². The van der Waals surface area contributed by atoms with Crippen molar-refractivity contribution in [3.05, 3.63) is 87.4 Å². The van der Waals surface area contributed by atoms with Gasteiger partial charge in [-0.05, 0) is 65.2 Å². The molecule has 0 saturated carbocycles. The minimum Gasteiger partial charge on any atom is -0.497 e. The Morgan fingerprint density at radius 3 is 2.58 bits per heavy atom. The lowest BCUT2D eigenvalue weighted by Crippen LogP contribution is -2.36. The van der Waals surface area contributed by atoms with Gasteiger partial charge >= 0.3 is 0 Å². The van der Waals surface area contributed by atoms with E-state index in [9.17, 15) is 14.0 Å². The smallest absolute Gasteiger partial charge is 0.223 e. The molecule has 1 atom stereocenters. The molecule has 2 heterocycles. The van der Waals surface area contributed by atoms with Gasteiger partial charge in [-0.3, -0.25) is 9.59 Å². The van der Waals surface area contributed by atoms with Gasteiger partial charge < -0.3 is 15.0 Å². The summed E-state index contributed by atoms with van der Waals surface area (Å²) in [6.07, 6.45) is 1.70. The lowest BCUT2D eigenvalue weighted by Gasteiger charge is -2.27. The number of amides is 2. The Morgan fingerprint density at radius 1 is 1.09 bits per heavy atom. The summed E-state index contributed by atoms with van der Waals surface area (Å²) < 4.78 is 18.5. The predicted octanol–water partition coefficient (Wildman–Crippen LogP) is 4.66. The van der Waals surface area contributed by atoms with E-state index in [1.807, 2.05) is 29.2 Å². The normalized spacial score (nSPS) is 13.8. The molecule has 0 fully saturated rings. The summed E-state index contributed by atoms with van der Waals surface area (Å²) >= 11 is 1.73. The van der Waals surface area contributed by atoms with Gasteiger partial charge in [0.05, 0.1) is 13.2 Å². The second-order valence-electron chi connectivity index (χ2n) is 8.16. The van der Waals surface area contributed by atoms with E-state index in [0.717, 1.165) is 23.3 Å². The van der Waals surface area contributed by atoms with Gasteiger partial charge in [-0.25, -0.2) is 4.39 Å². The maximum absolute atomic E-state index is 13.3. The molecule has 1 aromatic heterocycles. The second kappa shape index (κ2) is 10.6. The third-order valence-corrected chi connectivity index (χ3v) is 6.96. The molecular formula is C26H27FN2O3S. The average molecular weight is 467 g/mol. The number of thiophene rings is 1. The number of carbonyl (C=O) groups excluding carboxylic acids is 2. The lowest BCUT2D eigenvalue weighted by atomic mass is 9.98. The second-order valence-corrected chi connectivity index (χ2v) is 9.16. The van der Waals surface area contributed by atoms with Crippen molar-refractivity contribution < 1.29 is 18.7 Å². The number of hydrogen-bond acceptors (Lipinski definition) is 4. The van der Waals surface area contributed by atoms with Crippen LogP contribution in [-0.4, -0.2) is 30.4 Å². The summed E-state index contributed by atoms with van der Waals surface area (Å²) in [6.45, 7) is 1.32. The Labute approximate surface area is 197 Å². The zero-order valence-corrected chi connectivity index (χ0v) is 19.4. The molecule has 33 heavy (non-hydrogen) atoms. The Balaban J connectivity index is 1.37. The SMILES string of the molecule is COc1ccc(C(Cc2ccc(F)cc2)NC(=O)CCC(=O)N2CCc3sccc3C2)cc1. The van der Waals surface area contributed by atoms with Crippen molar-refractivity contribution in [3.63, 3.8) is 0 Å². The van der Waals surface area contributed by atoms with Crippen LogP contribution in [0.4, 0.5) is 4.39 Å². The van der Waals surface area contributed by atoms with Crippen LogP contribution in [0.15, 0.2) is 60.0 Å². The maximum Gasteiger partial charge on any atom is 0.223 e. The van der Waals surface area contributed by atoms with Crippen LogP contribution in [0.2, 0.25) is 0 Å². The van der Waals surface area contributed by atoms with Gasteiger partial charge in [0.1, 0.15) is 11.6 Å². The zero-order valence-electron chi connectivity index (χ0n) is 18.6. The first-order valence-electron chi connectivity index (χ1n) is 11.0. The fourth-order valence-electron chi connectivity index (χ4n) is 4.05. The van der Waals surface area contributed by atoms with Crippen LogP contribution in [0.1, 0.15) is 40.5 Å². The standard InChI is InChI=1S/C26H27FN2O3S/c1-32-22-8-4-19(5-9-22)23(16-18-2-6-21(27)7-3-18)28-25(30)10-11-26(31)29-14-12-24-20(17-29)13-15-33-24/h2-9,13,15,23H,10-12,14,16-17H2,1H3,(H,28,30). The Kier molecular flexibility index (Phi) is 7.40. The van der Waals surface area contributed by atoms with Gasteiger partial charge in [-0.15, -0.1) is 11.3 Å². The van der Waals surface area contributed by atoms with E-state index in [1.54, 1.807) is 30.6 Å². The highest BCUT2D eigenvalue weighted by atomic mass is 32.1. The molecule has 4 rings (SSSR count). The number of carbonyl (C=O) groups is 2. The summed E-state index contributed by atoms with van der Waals surface area (Å²) in [4.78, 5) is 28.6. The fraction of sp³-hybridized carbons (Fsp3) is 0.308. The number of nitrogens with one attached hydrogen (secondary N) is 1. The van der Waals surface area contributed by atoms with Crippen molar-refractivity contribution in [1.29, 1.82) is 0 Å². The quantitative estimate of drug-likeness (QED) is 0.525. The minimum absolute atomic E-state index is 0.00142. The van der Waals surface area contributed by atoms with Crippen LogP contribution in [0, 0.1) is 5.82 Å². The topological polar surface area (TPSA) is 58.6 Å². The molecule has 1 aliphatic heterocycles. The van der Waals surface area contributed by atoms with Crippen molar-refractivity contribution in [2.45, 2.75) is 38.3 Å². The summed E-state index contributed by atoms with van der Waals surface area (Å²) in [7, 11) is 1.60. The van der Waals surface area contributed by atoms with E-state index in [1.165, 1.54) is 22.6 Å². The molecule has 7 heteroatoms. The highest BCUT2D eigenvalue weighted by Crippen LogP contribution is 2.25. The molecule has 172 valence electrons. The molecule has 0 radical (unpaired) electrons. The number of benzene rings is 2. The predicted molar refractivity (Wildman–Crippen MR) is 127 cm³/mol. The number of fused-ring (bicyclic) bond motifs is 1. The molecular weight excluding hydrogens is 439 g/mol. The number of halogens is 1. The van der Waals surface area contributed by atoms with E-state index in [2.05, 4.69) is 16.8 Å². The summed E-state index contributed by atoms with van der Waals surface area (Å²) in [6, 6.07) is 15.5. The van der Waals surface area contributed by atoms with Crippen LogP contribution in [0.5, 0.6) is 5.75 Å². The molecule has 2 amide bonds. The average Bonchev–Trinajstić information content (AvgIpc) is 3.31. The molecule has 5 nitrogen and oxygen atoms in total. The van der Waals surface area contributed by atoms with Crippen LogP contribution >= 0.6 is 11.3 Å². The monoisotopic (exact) mass is 466 g/mol. The molecule has 0 aliphatic carbocycles. The first-order valence-corrected chi connectivity index (χ1v) is 11.9. The number of nitrogens with zero attached hydrogens (tertiary/aromatic N) is 1. The van der Waals surface area contributed by atoms with Crippen molar-refractivity contribution in [1.82, 2.24) is 10.2 Å². The number of hydrogen-bond donors (Lipinski definition) is 1. The lowest BCUT2D eigenvalue weighted by molar-refractivity contribution is -0.134. The molecule has 3 aromatic rings. The van der Waals surface area contributed by atoms with E-state index >= 15 is 0 Å². The molecule has 1 N–H and O–H groups in total. The number of rotatable bonds is 8. The van der Waals surface area contributed by atoms with Crippen LogP contribution in [-0.2, 0) is 29.0 Å². The summed E-state index contributed by atoms with van der Waals surface area (Å²) in [5.41, 5.74) is 3.04. The highest BCUT2D eigenvalue weighted by molar-refractivity contribution is 7.10. The van der Waals surface area contributed by atoms with Gasteiger partial charge in [-0.1, -0.05) is 24.3 Å². The molecule has 2 aromatic carbocycles. The first kappa shape index (κ1) is 23.0. The maximum atomic E-state index is 13.3. The largest absolute Gasteiger partial charge is 0.497 e. The Bertz CT molecular complexity index is 1100. The van der Waals surface area contributed by atoms with E-state index < -0.39 is 0 Å². The molecule has 1 unspecified atom stereocenters. The third kappa shape index (κ3) is 5.99. The van der Waals surface area contributed by atoms with Crippen LogP contribution < -0.4 is 10.1 Å². The van der Waals surface area contributed by atoms with Gasteiger partial charge in [-0.2, -0.15) is 0 Å². The van der Waals surface area contributed by atoms with Gasteiger partial charge in [0, 0.05) is 30.8 Å². The van der Waals surface area contributed by atoms with Gasteiger partial charge in [0.2, 0.25) is 11.8 Å². The van der Waals surface area contributed by atoms with E-state index in [-0.39, 0.29) is 36.5 Å². The van der Waals surface area contributed by atoms with Crippen LogP contribution in [0.25, 0.3) is 0 Å². The number of ether oxygens (including phenoxy) is 1. The molecule has 1 aliphatic rings. The van der Waals surface area contributed by atoms with Crippen LogP contribution in [0.3, 0.4) is 0 Å². The van der Waals surface area contributed by atoms with Gasteiger partial charge in [0.25, 0.3) is 0 Å². The van der Waals surface area contributed by atoms with Crippen molar-refractivity contribution in [2.24, 2.45) is 0 Å². The molecule has 0 saturated heterocycles. The molecule has 0 spiro atoms. The van der Waals surface area contributed by atoms with E-state index in [0.29, 0.717) is 19.5 Å². The Morgan fingerprint density at radius 2 is 1.85 bits per heavy atom. The minimum atomic E-state index is -0.299. The first-order chi connectivity index (χ1) is 16.0. The van der Waals surface area contributed by atoms with Crippen molar-refractivity contribution in [3.8, 4) is 5.75 Å². The highest BCUT2D eigenvalue weighted by Gasteiger charge is 2.22. The number of methoxy groups -OCH3 is 1.